The SMILES string of the molecule is CN(CCn1cc(I)cc1C(=O)O)C1CCCC1. The number of hydrogen-bond acceptors (Lipinski definition) is 2. The van der Waals surface area contributed by atoms with Crippen molar-refractivity contribution in [2.45, 2.75) is 38.3 Å². The van der Waals surface area contributed by atoms with Crippen molar-refractivity contribution in [1.29, 1.82) is 0 Å². The quantitative estimate of drug-likeness (QED) is 0.820. The molecule has 1 saturated carbocycles. The molecule has 0 unspecified atom stereocenters. The second-order valence-electron chi connectivity index (χ2n) is 4.96. The van der Waals surface area contributed by atoms with Gasteiger partial charge in [-0.3, -0.25) is 0 Å². The first kappa shape index (κ1) is 13.9. The lowest BCUT2D eigenvalue weighted by Gasteiger charge is -2.24. The monoisotopic (exact) mass is 362 g/mol. The molecule has 0 atom stereocenters. The van der Waals surface area contributed by atoms with Crippen LogP contribution in [0.5, 0.6) is 0 Å². The maximum absolute atomic E-state index is 11.1. The average Bonchev–Trinajstić information content (AvgIpc) is 2.94. The zero-order valence-corrected chi connectivity index (χ0v) is 12.8. The Bertz CT molecular complexity index is 425. The second kappa shape index (κ2) is 6.06. The Balaban J connectivity index is 1.94. The maximum atomic E-state index is 11.1. The number of likely N-dealkylation sites (N-methyl/N-ethyl adjacent to an activating group) is 1. The fourth-order valence-corrected chi connectivity index (χ4v) is 3.26. The first-order chi connectivity index (χ1) is 8.58. The molecule has 1 fully saturated rings. The van der Waals surface area contributed by atoms with Gasteiger partial charge in [-0.2, -0.15) is 0 Å². The van der Waals surface area contributed by atoms with Gasteiger partial charge < -0.3 is 14.6 Å². The number of rotatable bonds is 5. The predicted molar refractivity (Wildman–Crippen MR) is 79.0 cm³/mol. The third kappa shape index (κ3) is 3.26. The highest BCUT2D eigenvalue weighted by atomic mass is 127. The molecule has 100 valence electrons. The molecule has 0 amide bonds. The van der Waals surface area contributed by atoms with Crippen molar-refractivity contribution in [3.8, 4) is 0 Å². The van der Waals surface area contributed by atoms with Crippen LogP contribution >= 0.6 is 22.6 Å². The van der Waals surface area contributed by atoms with Crippen molar-refractivity contribution in [1.82, 2.24) is 9.47 Å². The molecule has 0 bridgehead atoms. The molecule has 2 rings (SSSR count). The highest BCUT2D eigenvalue weighted by Crippen LogP contribution is 2.22. The van der Waals surface area contributed by atoms with E-state index in [0.717, 1.165) is 16.7 Å². The molecular formula is C13H19IN2O2. The van der Waals surface area contributed by atoms with Crippen LogP contribution in [0, 0.1) is 3.57 Å². The topological polar surface area (TPSA) is 45.5 Å². The average molecular weight is 362 g/mol. The van der Waals surface area contributed by atoms with Gasteiger partial charge in [-0.25, -0.2) is 4.79 Å². The van der Waals surface area contributed by atoms with Gasteiger partial charge in [-0.15, -0.1) is 0 Å². The van der Waals surface area contributed by atoms with Crippen LogP contribution in [0.1, 0.15) is 36.2 Å². The van der Waals surface area contributed by atoms with Crippen LogP contribution in [0.3, 0.4) is 0 Å². The second-order valence-corrected chi connectivity index (χ2v) is 6.21. The lowest BCUT2D eigenvalue weighted by molar-refractivity contribution is 0.0684. The van der Waals surface area contributed by atoms with E-state index in [-0.39, 0.29) is 0 Å². The van der Waals surface area contributed by atoms with Crippen LogP contribution in [0.4, 0.5) is 0 Å². The largest absolute Gasteiger partial charge is 0.477 e. The highest BCUT2D eigenvalue weighted by molar-refractivity contribution is 14.1. The van der Waals surface area contributed by atoms with Crippen LogP contribution in [-0.2, 0) is 6.54 Å². The van der Waals surface area contributed by atoms with Crippen LogP contribution in [0.15, 0.2) is 12.3 Å². The van der Waals surface area contributed by atoms with Crippen molar-refractivity contribution >= 4 is 28.6 Å². The Hall–Kier alpha value is -0.560. The van der Waals surface area contributed by atoms with Crippen LogP contribution in [0.2, 0.25) is 0 Å². The summed E-state index contributed by atoms with van der Waals surface area (Å²) in [5.41, 5.74) is 0.388. The molecule has 0 aliphatic heterocycles. The molecule has 1 aliphatic carbocycles. The Morgan fingerprint density at radius 2 is 2.22 bits per heavy atom. The molecule has 0 radical (unpaired) electrons. The van der Waals surface area contributed by atoms with Gasteiger partial charge in [0.15, 0.2) is 0 Å². The van der Waals surface area contributed by atoms with Crippen LogP contribution in [0.25, 0.3) is 0 Å². The molecule has 1 aliphatic rings. The van der Waals surface area contributed by atoms with E-state index in [1.807, 2.05) is 10.8 Å². The minimum atomic E-state index is -0.846. The van der Waals surface area contributed by atoms with Gasteiger partial charge in [0.25, 0.3) is 0 Å². The summed E-state index contributed by atoms with van der Waals surface area (Å²) >= 11 is 2.16. The van der Waals surface area contributed by atoms with E-state index < -0.39 is 5.97 Å². The molecule has 1 aromatic rings. The fourth-order valence-electron chi connectivity index (χ4n) is 2.63. The van der Waals surface area contributed by atoms with E-state index in [0.29, 0.717) is 11.7 Å². The lowest BCUT2D eigenvalue weighted by atomic mass is 10.2. The van der Waals surface area contributed by atoms with Crippen molar-refractivity contribution in [2.24, 2.45) is 0 Å². The molecule has 1 N–H and O–H groups in total. The first-order valence-electron chi connectivity index (χ1n) is 6.37. The minimum Gasteiger partial charge on any atom is -0.477 e. The highest BCUT2D eigenvalue weighted by Gasteiger charge is 2.19. The van der Waals surface area contributed by atoms with Crippen LogP contribution in [-0.4, -0.2) is 40.2 Å². The van der Waals surface area contributed by atoms with Gasteiger partial charge in [0.2, 0.25) is 0 Å². The predicted octanol–water partition coefficient (Wildman–Crippen LogP) is 2.67. The number of nitrogens with zero attached hydrogens (tertiary/aromatic N) is 2. The summed E-state index contributed by atoms with van der Waals surface area (Å²) in [5, 5.41) is 9.12. The molecule has 0 saturated heterocycles. The van der Waals surface area contributed by atoms with Gasteiger partial charge in [0, 0.05) is 28.9 Å². The van der Waals surface area contributed by atoms with Gasteiger partial charge in [0.1, 0.15) is 5.69 Å². The number of hydrogen-bond donors (Lipinski definition) is 1. The molecule has 4 nitrogen and oxygen atoms in total. The van der Waals surface area contributed by atoms with Gasteiger partial charge in [0.05, 0.1) is 0 Å². The number of carbonyl (C=O) groups is 1. The van der Waals surface area contributed by atoms with Gasteiger partial charge in [-0.05, 0) is 48.5 Å². The summed E-state index contributed by atoms with van der Waals surface area (Å²) in [6, 6.07) is 2.41. The van der Waals surface area contributed by atoms with Crippen molar-refractivity contribution in [3.63, 3.8) is 0 Å². The Morgan fingerprint density at radius 3 is 2.83 bits per heavy atom. The van der Waals surface area contributed by atoms with E-state index in [1.165, 1.54) is 25.7 Å². The molecule has 0 spiro atoms. The smallest absolute Gasteiger partial charge is 0.352 e. The molecular weight excluding hydrogens is 343 g/mol. The third-order valence-electron chi connectivity index (χ3n) is 3.72. The number of aromatic carboxylic acids is 1. The van der Waals surface area contributed by atoms with Crippen molar-refractivity contribution in [3.05, 3.63) is 21.5 Å². The van der Waals surface area contributed by atoms with E-state index >= 15 is 0 Å². The zero-order chi connectivity index (χ0) is 13.1. The third-order valence-corrected chi connectivity index (χ3v) is 4.31. The normalized spacial score (nSPS) is 16.6. The fraction of sp³-hybridized carbons (Fsp3) is 0.615. The minimum absolute atomic E-state index is 0.388. The molecule has 1 heterocycles. The number of carboxylic acid groups (broad SMARTS) is 1. The Kier molecular flexibility index (Phi) is 4.66. The van der Waals surface area contributed by atoms with Crippen molar-refractivity contribution in [2.75, 3.05) is 13.6 Å². The van der Waals surface area contributed by atoms with Crippen LogP contribution < -0.4 is 0 Å². The maximum Gasteiger partial charge on any atom is 0.352 e. The lowest BCUT2D eigenvalue weighted by Crippen LogP contribution is -2.32. The number of aromatic nitrogens is 1. The first-order valence-corrected chi connectivity index (χ1v) is 7.45. The van der Waals surface area contributed by atoms with E-state index in [1.54, 1.807) is 6.07 Å². The summed E-state index contributed by atoms with van der Waals surface area (Å²) < 4.78 is 2.82. The van der Waals surface area contributed by atoms with Crippen molar-refractivity contribution < 1.29 is 9.90 Å². The van der Waals surface area contributed by atoms with Gasteiger partial charge >= 0.3 is 5.97 Å². The molecule has 5 heteroatoms. The summed E-state index contributed by atoms with van der Waals surface area (Å²) in [6.45, 7) is 1.66. The van der Waals surface area contributed by atoms with Gasteiger partial charge in [-0.1, -0.05) is 12.8 Å². The standard InChI is InChI=1S/C13H19IN2O2/c1-15(11-4-2-3-5-11)6-7-16-9-10(14)8-12(16)13(17)18/h8-9,11H,2-7H2,1H3,(H,17,18). The van der Waals surface area contributed by atoms with E-state index in [9.17, 15) is 4.79 Å². The molecule has 0 aromatic carbocycles. The summed E-state index contributed by atoms with van der Waals surface area (Å²) in [6.07, 6.45) is 7.14. The summed E-state index contributed by atoms with van der Waals surface area (Å²) in [7, 11) is 2.14. The van der Waals surface area contributed by atoms with E-state index in [2.05, 4.69) is 34.5 Å². The zero-order valence-electron chi connectivity index (χ0n) is 10.6. The summed E-state index contributed by atoms with van der Waals surface area (Å²) in [5.74, 6) is -0.846. The Morgan fingerprint density at radius 1 is 1.56 bits per heavy atom. The summed E-state index contributed by atoms with van der Waals surface area (Å²) in [4.78, 5) is 13.5. The number of carboxylic acids is 1. The Labute approximate surface area is 121 Å². The number of halogens is 1. The molecule has 18 heavy (non-hydrogen) atoms. The molecule has 1 aromatic heterocycles. The van der Waals surface area contributed by atoms with E-state index in [4.69, 9.17) is 5.11 Å².